The Morgan fingerprint density at radius 1 is 1.30 bits per heavy atom. The molecule has 1 heterocycles. The van der Waals surface area contributed by atoms with Crippen LogP contribution in [0.25, 0.3) is 0 Å². The Morgan fingerprint density at radius 2 is 2.04 bits per heavy atom. The molecule has 0 bridgehead atoms. The summed E-state index contributed by atoms with van der Waals surface area (Å²) in [5.41, 5.74) is 0.377. The largest absolute Gasteiger partial charge is 0.496 e. The third-order valence-corrected chi connectivity index (χ3v) is 4.50. The molecular formula is C18H24N4O4S. The summed E-state index contributed by atoms with van der Waals surface area (Å²) in [6, 6.07) is 5.73. The summed E-state index contributed by atoms with van der Waals surface area (Å²) in [6.07, 6.45) is 2.43. The first-order chi connectivity index (χ1) is 13.0. The number of aryl methyl sites for hydroxylation is 1. The molecule has 2 N–H and O–H groups in total. The van der Waals surface area contributed by atoms with Crippen LogP contribution >= 0.6 is 11.8 Å². The van der Waals surface area contributed by atoms with E-state index in [-0.39, 0.29) is 11.8 Å². The lowest BCUT2D eigenvalue weighted by Crippen LogP contribution is -2.47. The number of hydrogen-bond donors (Lipinski definition) is 2. The lowest BCUT2D eigenvalue weighted by molar-refractivity contribution is -0.123. The van der Waals surface area contributed by atoms with Crippen molar-refractivity contribution in [2.24, 2.45) is 0 Å². The molecule has 2 atom stereocenters. The molecule has 1 aromatic carbocycles. The zero-order valence-electron chi connectivity index (χ0n) is 15.8. The Balaban J connectivity index is 2.09. The van der Waals surface area contributed by atoms with Crippen molar-refractivity contribution < 1.29 is 18.8 Å². The zero-order chi connectivity index (χ0) is 19.8. The molecule has 2 rings (SSSR count). The molecule has 0 spiro atoms. The summed E-state index contributed by atoms with van der Waals surface area (Å²) in [6.45, 7) is 3.45. The van der Waals surface area contributed by atoms with E-state index in [1.807, 2.05) is 6.26 Å². The number of rotatable bonds is 9. The highest BCUT2D eigenvalue weighted by atomic mass is 32.2. The van der Waals surface area contributed by atoms with Crippen LogP contribution in [0.1, 0.15) is 41.5 Å². The molecule has 9 heteroatoms. The highest BCUT2D eigenvalue weighted by Gasteiger charge is 2.25. The Kier molecular flexibility index (Phi) is 7.66. The summed E-state index contributed by atoms with van der Waals surface area (Å²) in [7, 11) is 1.50. The van der Waals surface area contributed by atoms with Crippen LogP contribution in [-0.4, -0.2) is 47.1 Å². The van der Waals surface area contributed by atoms with Crippen LogP contribution in [0.15, 0.2) is 28.8 Å². The first kappa shape index (κ1) is 20.8. The fraction of sp³-hybridized carbons (Fsp3) is 0.444. The van der Waals surface area contributed by atoms with Gasteiger partial charge in [0.2, 0.25) is 11.8 Å². The quantitative estimate of drug-likeness (QED) is 0.673. The van der Waals surface area contributed by atoms with Gasteiger partial charge in [-0.05, 0) is 44.4 Å². The molecule has 8 nitrogen and oxygen atoms in total. The average molecular weight is 392 g/mol. The number of nitrogens with zero attached hydrogens (tertiary/aromatic N) is 2. The van der Waals surface area contributed by atoms with Crippen molar-refractivity contribution in [3.63, 3.8) is 0 Å². The number of thioether (sulfide) groups is 1. The second kappa shape index (κ2) is 9.96. The fourth-order valence-corrected chi connectivity index (χ4v) is 2.91. The number of benzene rings is 1. The molecule has 2 aromatic rings. The summed E-state index contributed by atoms with van der Waals surface area (Å²) in [5.74, 6) is 1.31. The molecule has 0 aliphatic heterocycles. The van der Waals surface area contributed by atoms with Crippen molar-refractivity contribution in [2.75, 3.05) is 19.1 Å². The molecule has 2 unspecified atom stereocenters. The maximum absolute atomic E-state index is 12.7. The van der Waals surface area contributed by atoms with E-state index in [0.29, 0.717) is 29.4 Å². The van der Waals surface area contributed by atoms with Crippen LogP contribution in [0.4, 0.5) is 0 Å². The van der Waals surface area contributed by atoms with Crippen LogP contribution in [0, 0.1) is 6.92 Å². The standard InChI is InChI=1S/C18H24N4O4S/c1-11(18-20-12(2)22-26-18)19-17(24)14(9-10-27-4)21-16(23)13-7-5-6-8-15(13)25-3/h5-8,11,14H,9-10H2,1-4H3,(H,19,24)(H,21,23). The van der Waals surface area contributed by atoms with Gasteiger partial charge in [-0.25, -0.2) is 0 Å². The molecule has 1 aromatic heterocycles. The van der Waals surface area contributed by atoms with Crippen LogP contribution in [0.5, 0.6) is 5.75 Å². The van der Waals surface area contributed by atoms with E-state index < -0.39 is 12.1 Å². The van der Waals surface area contributed by atoms with Gasteiger partial charge in [0.15, 0.2) is 5.82 Å². The van der Waals surface area contributed by atoms with Gasteiger partial charge in [0.25, 0.3) is 5.91 Å². The summed E-state index contributed by atoms with van der Waals surface area (Å²) in [4.78, 5) is 29.5. The van der Waals surface area contributed by atoms with Crippen LogP contribution in [0.2, 0.25) is 0 Å². The van der Waals surface area contributed by atoms with Gasteiger partial charge in [-0.3, -0.25) is 9.59 Å². The van der Waals surface area contributed by atoms with Gasteiger partial charge in [-0.2, -0.15) is 16.7 Å². The average Bonchev–Trinajstić information content (AvgIpc) is 3.11. The summed E-state index contributed by atoms with van der Waals surface area (Å²) in [5, 5.41) is 9.33. The molecule has 0 saturated carbocycles. The predicted octanol–water partition coefficient (Wildman–Crippen LogP) is 2.12. The van der Waals surface area contributed by atoms with Crippen molar-refractivity contribution in [1.29, 1.82) is 0 Å². The number of methoxy groups -OCH3 is 1. The molecule has 2 amide bonds. The maximum Gasteiger partial charge on any atom is 0.255 e. The monoisotopic (exact) mass is 392 g/mol. The second-order valence-corrected chi connectivity index (χ2v) is 6.90. The third kappa shape index (κ3) is 5.72. The Morgan fingerprint density at radius 3 is 2.67 bits per heavy atom. The molecule has 146 valence electrons. The normalized spacial score (nSPS) is 12.9. The van der Waals surface area contributed by atoms with E-state index in [4.69, 9.17) is 9.26 Å². The molecule has 0 radical (unpaired) electrons. The van der Waals surface area contributed by atoms with Crippen LogP contribution in [0.3, 0.4) is 0 Å². The van der Waals surface area contributed by atoms with Crippen molar-refractivity contribution in [3.8, 4) is 5.75 Å². The van der Waals surface area contributed by atoms with Gasteiger partial charge in [0, 0.05) is 0 Å². The first-order valence-corrected chi connectivity index (χ1v) is 9.89. The number of carbonyl (C=O) groups is 2. The molecule has 27 heavy (non-hydrogen) atoms. The number of ether oxygens (including phenoxy) is 1. The number of aromatic nitrogens is 2. The number of carbonyl (C=O) groups excluding carboxylic acids is 2. The van der Waals surface area contributed by atoms with Gasteiger partial charge in [-0.15, -0.1) is 0 Å². The SMILES string of the molecule is COc1ccccc1C(=O)NC(CCSC)C(=O)NC(C)c1nc(C)no1. The number of para-hydroxylation sites is 1. The Bertz CT molecular complexity index is 780. The topological polar surface area (TPSA) is 106 Å². The van der Waals surface area contributed by atoms with E-state index in [9.17, 15) is 9.59 Å². The fourth-order valence-electron chi connectivity index (χ4n) is 2.44. The minimum atomic E-state index is -0.693. The first-order valence-electron chi connectivity index (χ1n) is 8.49. The van der Waals surface area contributed by atoms with Crippen molar-refractivity contribution in [3.05, 3.63) is 41.5 Å². The van der Waals surface area contributed by atoms with Gasteiger partial charge in [0.05, 0.1) is 12.7 Å². The molecule has 0 aliphatic carbocycles. The second-order valence-electron chi connectivity index (χ2n) is 5.92. The van der Waals surface area contributed by atoms with Crippen LogP contribution < -0.4 is 15.4 Å². The number of hydrogen-bond acceptors (Lipinski definition) is 7. The lowest BCUT2D eigenvalue weighted by atomic mass is 10.1. The van der Waals surface area contributed by atoms with E-state index in [1.165, 1.54) is 7.11 Å². The van der Waals surface area contributed by atoms with Gasteiger partial charge >= 0.3 is 0 Å². The lowest BCUT2D eigenvalue weighted by Gasteiger charge is -2.20. The van der Waals surface area contributed by atoms with Crippen molar-refractivity contribution in [2.45, 2.75) is 32.4 Å². The minimum Gasteiger partial charge on any atom is -0.496 e. The van der Waals surface area contributed by atoms with E-state index >= 15 is 0 Å². The molecular weight excluding hydrogens is 368 g/mol. The van der Waals surface area contributed by atoms with Crippen LogP contribution in [-0.2, 0) is 4.79 Å². The molecule has 0 aliphatic rings. The number of amides is 2. The van der Waals surface area contributed by atoms with Gasteiger partial charge in [0.1, 0.15) is 17.8 Å². The highest BCUT2D eigenvalue weighted by molar-refractivity contribution is 7.98. The van der Waals surface area contributed by atoms with E-state index in [1.54, 1.807) is 49.9 Å². The highest BCUT2D eigenvalue weighted by Crippen LogP contribution is 2.18. The molecule has 0 saturated heterocycles. The predicted molar refractivity (Wildman–Crippen MR) is 103 cm³/mol. The third-order valence-electron chi connectivity index (χ3n) is 3.86. The minimum absolute atomic E-state index is 0.310. The Hall–Kier alpha value is -2.55. The summed E-state index contributed by atoms with van der Waals surface area (Å²) >= 11 is 1.60. The van der Waals surface area contributed by atoms with E-state index in [2.05, 4.69) is 20.8 Å². The summed E-state index contributed by atoms with van der Waals surface area (Å²) < 4.78 is 10.3. The van der Waals surface area contributed by atoms with Crippen molar-refractivity contribution in [1.82, 2.24) is 20.8 Å². The molecule has 0 fully saturated rings. The van der Waals surface area contributed by atoms with Crippen molar-refractivity contribution >= 4 is 23.6 Å². The smallest absolute Gasteiger partial charge is 0.255 e. The zero-order valence-corrected chi connectivity index (χ0v) is 16.6. The Labute approximate surface area is 162 Å². The van der Waals surface area contributed by atoms with E-state index in [0.717, 1.165) is 5.75 Å². The van der Waals surface area contributed by atoms with Gasteiger partial charge in [-0.1, -0.05) is 17.3 Å². The maximum atomic E-state index is 12.7. The van der Waals surface area contributed by atoms with Gasteiger partial charge < -0.3 is 19.9 Å². The number of nitrogens with one attached hydrogen (secondary N) is 2.